The number of nitrogens with two attached hydrogens (primary N) is 1. The highest BCUT2D eigenvalue weighted by molar-refractivity contribution is 7.90. The number of aromatic nitrogens is 2. The number of nitrogens with one attached hydrogen (secondary N) is 1. The third kappa shape index (κ3) is 7.40. The average Bonchev–Trinajstić information content (AvgIpc) is 2.97. The molecule has 4 unspecified atom stereocenters. The van der Waals surface area contributed by atoms with E-state index in [4.69, 9.17) is 19.9 Å². The van der Waals surface area contributed by atoms with Gasteiger partial charge in [-0.1, -0.05) is 0 Å². The molecule has 3 aromatic rings. The Kier molecular flexibility index (Phi) is 9.88. The van der Waals surface area contributed by atoms with Crippen molar-refractivity contribution in [3.63, 3.8) is 0 Å². The van der Waals surface area contributed by atoms with Gasteiger partial charge in [0.2, 0.25) is 0 Å². The van der Waals surface area contributed by atoms with Gasteiger partial charge in [-0.2, -0.15) is 0 Å². The summed E-state index contributed by atoms with van der Waals surface area (Å²) in [6.45, 7) is 2.43. The van der Waals surface area contributed by atoms with Crippen LogP contribution in [0.1, 0.15) is 53.7 Å². The van der Waals surface area contributed by atoms with Crippen molar-refractivity contribution < 1.29 is 36.2 Å². The molecule has 3 N–H and O–H groups in total. The molecule has 10 nitrogen and oxygen atoms in total. The molecular weight excluding hydrogens is 594 g/mol. The van der Waals surface area contributed by atoms with Gasteiger partial charge in [-0.15, -0.1) is 0 Å². The first kappa shape index (κ1) is 31.9. The number of hydrogen-bond acceptors (Lipinski definition) is 9. The Morgan fingerprint density at radius 3 is 2.75 bits per heavy atom. The first-order valence-corrected chi connectivity index (χ1v) is 16.6. The summed E-state index contributed by atoms with van der Waals surface area (Å²) in [4.78, 5) is 21.8. The number of nitrogens with zero attached hydrogens (tertiary/aromatic N) is 2. The number of anilines is 1. The summed E-state index contributed by atoms with van der Waals surface area (Å²) in [5, 5.41) is 2.84. The predicted octanol–water partition coefficient (Wildman–Crippen LogP) is 4.24. The third-order valence-corrected chi connectivity index (χ3v) is 8.89. The molecular formula is C31H36F2N4O6S. The minimum absolute atomic E-state index is 0.00876. The topological polar surface area (TPSA) is 143 Å². The van der Waals surface area contributed by atoms with Gasteiger partial charge in [-0.05, 0) is 79.5 Å². The monoisotopic (exact) mass is 630 g/mol. The maximum atomic E-state index is 15.7. The Morgan fingerprint density at radius 2 is 1.98 bits per heavy atom. The van der Waals surface area contributed by atoms with E-state index in [1.165, 1.54) is 18.3 Å². The summed E-state index contributed by atoms with van der Waals surface area (Å²) >= 11 is 0. The number of halogens is 2. The van der Waals surface area contributed by atoms with E-state index in [-0.39, 0.29) is 60.1 Å². The number of carbonyl (C=O) groups is 1. The lowest BCUT2D eigenvalue weighted by Gasteiger charge is -2.41. The van der Waals surface area contributed by atoms with Crippen LogP contribution in [0, 0.1) is 17.6 Å². The number of ether oxygens (including phenoxy) is 3. The fraction of sp³-hybridized carbons (Fsp3) is 0.452. The van der Waals surface area contributed by atoms with E-state index in [0.717, 1.165) is 17.9 Å². The molecule has 0 saturated heterocycles. The number of sulfone groups is 1. The molecule has 1 aromatic carbocycles. The zero-order valence-electron chi connectivity index (χ0n) is 24.6. The summed E-state index contributed by atoms with van der Waals surface area (Å²) in [6.07, 6.45) is 5.37. The van der Waals surface area contributed by atoms with Gasteiger partial charge in [-0.3, -0.25) is 9.78 Å². The Morgan fingerprint density at radius 1 is 1.16 bits per heavy atom. The summed E-state index contributed by atoms with van der Waals surface area (Å²) in [6, 6.07) is 6.49. The maximum absolute atomic E-state index is 15.7. The molecule has 3 heterocycles. The van der Waals surface area contributed by atoms with E-state index in [0.29, 0.717) is 37.1 Å². The second kappa shape index (κ2) is 13.6. The molecule has 236 valence electrons. The minimum Gasteiger partial charge on any atom is -0.493 e. The Balaban J connectivity index is 1.57. The minimum atomic E-state index is -3.25. The number of pyridine rings is 2. The van der Waals surface area contributed by atoms with E-state index in [2.05, 4.69) is 15.3 Å². The third-order valence-electron chi connectivity index (χ3n) is 7.99. The van der Waals surface area contributed by atoms with Crippen molar-refractivity contribution in [2.45, 2.75) is 50.9 Å². The molecule has 1 fully saturated rings. The lowest BCUT2D eigenvalue weighted by molar-refractivity contribution is -0.0273. The van der Waals surface area contributed by atoms with Crippen LogP contribution in [0.25, 0.3) is 11.3 Å². The molecule has 1 saturated carbocycles. The largest absolute Gasteiger partial charge is 0.493 e. The second-order valence-corrected chi connectivity index (χ2v) is 13.5. The van der Waals surface area contributed by atoms with Crippen molar-refractivity contribution in [2.24, 2.45) is 11.7 Å². The normalized spacial score (nSPS) is 22.1. The van der Waals surface area contributed by atoms with Gasteiger partial charge in [0.25, 0.3) is 5.91 Å². The van der Waals surface area contributed by atoms with Crippen LogP contribution < -0.4 is 15.8 Å². The average molecular weight is 631 g/mol. The first-order chi connectivity index (χ1) is 21.0. The molecule has 44 heavy (non-hydrogen) atoms. The van der Waals surface area contributed by atoms with Gasteiger partial charge in [-0.25, -0.2) is 22.2 Å². The zero-order chi connectivity index (χ0) is 31.4. The number of benzene rings is 1. The van der Waals surface area contributed by atoms with Crippen LogP contribution in [-0.2, 0) is 25.9 Å². The van der Waals surface area contributed by atoms with E-state index >= 15 is 8.78 Å². The highest BCUT2D eigenvalue weighted by Crippen LogP contribution is 2.42. The summed E-state index contributed by atoms with van der Waals surface area (Å²) in [5.41, 5.74) is 7.72. The fourth-order valence-electron chi connectivity index (χ4n) is 5.94. The van der Waals surface area contributed by atoms with Gasteiger partial charge in [0.05, 0.1) is 49.1 Å². The smallest absolute Gasteiger partial charge is 0.274 e. The summed E-state index contributed by atoms with van der Waals surface area (Å²) < 4.78 is 72.1. The van der Waals surface area contributed by atoms with Crippen molar-refractivity contribution in [1.82, 2.24) is 9.97 Å². The Hall–Kier alpha value is -3.52. The van der Waals surface area contributed by atoms with Crippen molar-refractivity contribution in [3.05, 3.63) is 71.2 Å². The molecule has 2 aromatic heterocycles. The van der Waals surface area contributed by atoms with Gasteiger partial charge in [0, 0.05) is 25.1 Å². The van der Waals surface area contributed by atoms with Crippen LogP contribution in [0.4, 0.5) is 14.5 Å². The molecule has 1 amide bonds. The Bertz CT molecular complexity index is 1620. The molecule has 4 bridgehead atoms. The van der Waals surface area contributed by atoms with Crippen LogP contribution in [-0.4, -0.2) is 68.3 Å². The van der Waals surface area contributed by atoms with Crippen LogP contribution in [0.3, 0.4) is 0 Å². The summed E-state index contributed by atoms with van der Waals surface area (Å²) in [5.74, 6) is -2.58. The lowest BCUT2D eigenvalue weighted by atomic mass is 9.72. The zero-order valence-corrected chi connectivity index (χ0v) is 25.4. The van der Waals surface area contributed by atoms with Crippen LogP contribution in [0.2, 0.25) is 0 Å². The van der Waals surface area contributed by atoms with Crippen molar-refractivity contribution in [3.8, 4) is 17.0 Å². The molecule has 1 aliphatic carbocycles. The highest BCUT2D eigenvalue weighted by atomic mass is 32.2. The number of amides is 1. The number of carbonyl (C=O) groups excluding carboxylic acids is 1. The van der Waals surface area contributed by atoms with E-state index in [1.807, 2.05) is 13.0 Å². The molecule has 1 aliphatic heterocycles. The van der Waals surface area contributed by atoms with Gasteiger partial charge >= 0.3 is 0 Å². The van der Waals surface area contributed by atoms with Gasteiger partial charge in [0.15, 0.2) is 0 Å². The maximum Gasteiger partial charge on any atom is 0.274 e. The molecule has 2 aliphatic rings. The number of fused-ring (bicyclic) bond motifs is 8. The first-order valence-electron chi connectivity index (χ1n) is 14.5. The SMILES string of the molecule is CCOCc1cc(F)c2c(c1)OCCC1CC(CC(N)C1OCCS(C)(=O)=O)c1ccncc1NC(=O)c1ccc(F)c-2n1. The molecule has 0 spiro atoms. The standard InChI is InChI=1S/C31H36F2N4O6S/c1-3-41-17-18-12-23(33)28-27(13-18)42-9-7-19-14-20(15-24(34)30(19)43-10-11-44(2,39)40)21-6-8-35-16-26(21)37-31(38)25-5-4-22(32)29(28)36-25/h4-6,8,12-13,16,19-20,24,30H,3,7,9-11,14-15,17,34H2,1-2H3,(H,37,38). The Labute approximate surface area is 255 Å². The van der Waals surface area contributed by atoms with Crippen molar-refractivity contribution in [2.75, 3.05) is 37.1 Å². The highest BCUT2D eigenvalue weighted by Gasteiger charge is 2.38. The number of hydrogen-bond donors (Lipinski definition) is 2. The molecule has 0 radical (unpaired) electrons. The van der Waals surface area contributed by atoms with E-state index in [1.54, 1.807) is 12.3 Å². The second-order valence-electron chi connectivity index (χ2n) is 11.2. The fourth-order valence-corrected chi connectivity index (χ4v) is 6.34. The summed E-state index contributed by atoms with van der Waals surface area (Å²) in [7, 11) is -3.25. The van der Waals surface area contributed by atoms with Crippen molar-refractivity contribution >= 4 is 21.4 Å². The van der Waals surface area contributed by atoms with Crippen molar-refractivity contribution in [1.29, 1.82) is 0 Å². The molecule has 4 atom stereocenters. The van der Waals surface area contributed by atoms with Gasteiger partial charge < -0.3 is 25.3 Å². The molecule has 13 heteroatoms. The number of rotatable bonds is 7. The lowest BCUT2D eigenvalue weighted by Crippen LogP contribution is -2.48. The van der Waals surface area contributed by atoms with Crippen LogP contribution >= 0.6 is 0 Å². The quantitative estimate of drug-likeness (QED) is 0.392. The van der Waals surface area contributed by atoms with E-state index in [9.17, 15) is 13.2 Å². The van der Waals surface area contributed by atoms with E-state index < -0.39 is 39.5 Å². The van der Waals surface area contributed by atoms with Gasteiger partial charge in [0.1, 0.15) is 38.6 Å². The van der Waals surface area contributed by atoms with Crippen LogP contribution in [0.5, 0.6) is 5.75 Å². The predicted molar refractivity (Wildman–Crippen MR) is 160 cm³/mol. The molecule has 5 rings (SSSR count). The van der Waals surface area contributed by atoms with Crippen LogP contribution in [0.15, 0.2) is 42.7 Å².